The first-order valence-electron chi connectivity index (χ1n) is 5.83. The smallest absolute Gasteiger partial charge is 0.162 e. The number of halogens is 2. The molecular weight excluding hydrogens is 320 g/mol. The number of aromatic nitrogens is 2. The molecule has 18 heavy (non-hydrogen) atoms. The summed E-state index contributed by atoms with van der Waals surface area (Å²) in [6.45, 7) is 6.92. The molecule has 0 aliphatic carbocycles. The zero-order valence-electron chi connectivity index (χ0n) is 11.1. The summed E-state index contributed by atoms with van der Waals surface area (Å²) in [5, 5.41) is 0.381. The molecule has 1 aromatic rings. The van der Waals surface area contributed by atoms with Crippen LogP contribution in [0.1, 0.15) is 38.7 Å². The van der Waals surface area contributed by atoms with E-state index in [4.69, 9.17) is 21.1 Å². The molecule has 1 unspecified atom stereocenters. The van der Waals surface area contributed by atoms with E-state index in [2.05, 4.69) is 25.9 Å². The van der Waals surface area contributed by atoms with Crippen LogP contribution in [0.15, 0.2) is 4.47 Å². The predicted octanol–water partition coefficient (Wildman–Crippen LogP) is 3.70. The van der Waals surface area contributed by atoms with Crippen LogP contribution in [0.25, 0.3) is 0 Å². The van der Waals surface area contributed by atoms with Crippen molar-refractivity contribution in [3.05, 3.63) is 21.1 Å². The molecule has 0 aliphatic heterocycles. The summed E-state index contributed by atoms with van der Waals surface area (Å²) in [6, 6.07) is 0. The van der Waals surface area contributed by atoms with E-state index in [0.717, 1.165) is 12.1 Å². The van der Waals surface area contributed by atoms with E-state index in [1.165, 1.54) is 0 Å². The Bertz CT molecular complexity index is 417. The summed E-state index contributed by atoms with van der Waals surface area (Å²) in [5.74, 6) is 0.590. The Hall–Kier alpha value is -0.230. The van der Waals surface area contributed by atoms with Crippen molar-refractivity contribution < 1.29 is 9.47 Å². The molecule has 0 spiro atoms. The van der Waals surface area contributed by atoms with Crippen molar-refractivity contribution in [2.75, 3.05) is 13.7 Å². The van der Waals surface area contributed by atoms with Gasteiger partial charge in [-0.2, -0.15) is 0 Å². The lowest BCUT2D eigenvalue weighted by atomic mass is 10.0. The van der Waals surface area contributed by atoms with Crippen LogP contribution >= 0.6 is 27.5 Å². The van der Waals surface area contributed by atoms with Gasteiger partial charge in [-0.3, -0.25) is 0 Å². The van der Waals surface area contributed by atoms with Gasteiger partial charge in [-0.1, -0.05) is 18.5 Å². The van der Waals surface area contributed by atoms with E-state index in [9.17, 15) is 0 Å². The Morgan fingerprint density at radius 3 is 2.50 bits per heavy atom. The van der Waals surface area contributed by atoms with Gasteiger partial charge >= 0.3 is 0 Å². The fraction of sp³-hybridized carbons (Fsp3) is 0.667. The summed E-state index contributed by atoms with van der Waals surface area (Å²) in [4.78, 5) is 8.80. The molecule has 0 N–H and O–H groups in total. The highest BCUT2D eigenvalue weighted by Crippen LogP contribution is 2.31. The maximum Gasteiger partial charge on any atom is 0.162 e. The van der Waals surface area contributed by atoms with Crippen molar-refractivity contribution >= 4 is 27.5 Å². The average molecular weight is 338 g/mol. The maximum atomic E-state index is 6.11. The molecule has 1 atom stereocenters. The first-order valence-corrected chi connectivity index (χ1v) is 7.00. The Morgan fingerprint density at radius 1 is 1.33 bits per heavy atom. The molecule has 0 aliphatic rings. The van der Waals surface area contributed by atoms with Crippen molar-refractivity contribution in [2.45, 2.75) is 39.4 Å². The minimum absolute atomic E-state index is 0.377. The minimum atomic E-state index is -0.526. The molecule has 0 amide bonds. The minimum Gasteiger partial charge on any atom is -0.378 e. The second-order valence-electron chi connectivity index (χ2n) is 4.05. The Morgan fingerprint density at radius 2 is 2.00 bits per heavy atom. The van der Waals surface area contributed by atoms with Crippen LogP contribution in [0.5, 0.6) is 0 Å². The number of rotatable bonds is 6. The van der Waals surface area contributed by atoms with Gasteiger partial charge in [0.2, 0.25) is 0 Å². The number of ether oxygens (including phenoxy) is 2. The fourth-order valence-corrected chi connectivity index (χ4v) is 2.06. The van der Waals surface area contributed by atoms with Crippen molar-refractivity contribution in [2.24, 2.45) is 0 Å². The number of nitrogens with zero attached hydrogens (tertiary/aromatic N) is 2. The van der Waals surface area contributed by atoms with Gasteiger partial charge in [0.1, 0.15) is 10.8 Å². The van der Waals surface area contributed by atoms with Crippen LogP contribution in [-0.2, 0) is 21.7 Å². The molecule has 0 radical (unpaired) electrons. The third kappa shape index (κ3) is 3.41. The molecule has 1 rings (SSSR count). The van der Waals surface area contributed by atoms with Gasteiger partial charge in [0.25, 0.3) is 0 Å². The van der Waals surface area contributed by atoms with Crippen LogP contribution in [0, 0.1) is 0 Å². The standard InChI is InChI=1S/C12H18BrClN2O2/c1-5-12(3,18-6-2)11-15-8(7-17-4)9(13)10(14)16-11/h5-7H2,1-4H3. The van der Waals surface area contributed by atoms with Gasteiger partial charge in [0, 0.05) is 13.7 Å². The largest absolute Gasteiger partial charge is 0.378 e. The molecule has 1 aromatic heterocycles. The Balaban J connectivity index is 3.23. The van der Waals surface area contributed by atoms with Gasteiger partial charge in [-0.15, -0.1) is 0 Å². The molecule has 4 nitrogen and oxygen atoms in total. The molecule has 0 bridgehead atoms. The van der Waals surface area contributed by atoms with Crippen molar-refractivity contribution in [3.8, 4) is 0 Å². The number of methoxy groups -OCH3 is 1. The van der Waals surface area contributed by atoms with Gasteiger partial charge < -0.3 is 9.47 Å². The summed E-state index contributed by atoms with van der Waals surface area (Å²) in [6.07, 6.45) is 0.769. The highest BCUT2D eigenvalue weighted by atomic mass is 79.9. The first-order chi connectivity index (χ1) is 8.48. The molecular formula is C12H18BrClN2O2. The lowest BCUT2D eigenvalue weighted by Gasteiger charge is -2.27. The van der Waals surface area contributed by atoms with Crippen molar-refractivity contribution in [1.82, 2.24) is 9.97 Å². The lowest BCUT2D eigenvalue weighted by molar-refractivity contribution is -0.0393. The first kappa shape index (κ1) is 15.8. The lowest BCUT2D eigenvalue weighted by Crippen LogP contribution is -2.28. The average Bonchev–Trinajstić information content (AvgIpc) is 2.35. The Labute approximate surface area is 121 Å². The van der Waals surface area contributed by atoms with E-state index >= 15 is 0 Å². The molecule has 0 saturated heterocycles. The van der Waals surface area contributed by atoms with E-state index in [-0.39, 0.29) is 0 Å². The number of hydrogen-bond acceptors (Lipinski definition) is 4. The summed E-state index contributed by atoms with van der Waals surface area (Å²) >= 11 is 9.47. The summed E-state index contributed by atoms with van der Waals surface area (Å²) in [5.41, 5.74) is 0.202. The highest BCUT2D eigenvalue weighted by molar-refractivity contribution is 9.10. The SMILES string of the molecule is CCOC(C)(CC)c1nc(Cl)c(Br)c(COC)n1. The van der Waals surface area contributed by atoms with E-state index < -0.39 is 5.60 Å². The third-order valence-electron chi connectivity index (χ3n) is 2.77. The zero-order valence-corrected chi connectivity index (χ0v) is 13.4. The molecule has 6 heteroatoms. The molecule has 1 heterocycles. The second-order valence-corrected chi connectivity index (χ2v) is 5.20. The van der Waals surface area contributed by atoms with Gasteiger partial charge in [0.05, 0.1) is 16.8 Å². The fourth-order valence-electron chi connectivity index (χ4n) is 1.58. The van der Waals surface area contributed by atoms with E-state index in [0.29, 0.717) is 28.7 Å². The van der Waals surface area contributed by atoms with Gasteiger partial charge in [-0.05, 0) is 36.2 Å². The molecule has 0 fully saturated rings. The van der Waals surface area contributed by atoms with Crippen LogP contribution in [0.2, 0.25) is 5.15 Å². The third-order valence-corrected chi connectivity index (χ3v) is 4.11. The van der Waals surface area contributed by atoms with Gasteiger partial charge in [-0.25, -0.2) is 9.97 Å². The molecule has 102 valence electrons. The summed E-state index contributed by atoms with van der Waals surface area (Å²) in [7, 11) is 1.61. The quantitative estimate of drug-likeness (QED) is 0.742. The normalized spacial score (nSPS) is 14.6. The van der Waals surface area contributed by atoms with Crippen LogP contribution in [0.3, 0.4) is 0 Å². The van der Waals surface area contributed by atoms with E-state index in [1.54, 1.807) is 7.11 Å². The molecule has 0 saturated carbocycles. The highest BCUT2D eigenvalue weighted by Gasteiger charge is 2.30. The maximum absolute atomic E-state index is 6.11. The molecule has 0 aromatic carbocycles. The van der Waals surface area contributed by atoms with Crippen molar-refractivity contribution in [1.29, 1.82) is 0 Å². The van der Waals surface area contributed by atoms with E-state index in [1.807, 2.05) is 20.8 Å². The van der Waals surface area contributed by atoms with Crippen LogP contribution in [0.4, 0.5) is 0 Å². The number of hydrogen-bond donors (Lipinski definition) is 0. The Kier molecular flexibility index (Phi) is 5.98. The van der Waals surface area contributed by atoms with Crippen LogP contribution in [-0.4, -0.2) is 23.7 Å². The van der Waals surface area contributed by atoms with Crippen LogP contribution < -0.4 is 0 Å². The topological polar surface area (TPSA) is 44.2 Å². The predicted molar refractivity (Wildman–Crippen MR) is 74.7 cm³/mol. The second kappa shape index (κ2) is 6.80. The van der Waals surface area contributed by atoms with Gasteiger partial charge in [0.15, 0.2) is 5.82 Å². The summed E-state index contributed by atoms with van der Waals surface area (Å²) < 4.78 is 11.5. The van der Waals surface area contributed by atoms with Crippen molar-refractivity contribution in [3.63, 3.8) is 0 Å². The monoisotopic (exact) mass is 336 g/mol. The zero-order chi connectivity index (χ0) is 13.8.